The summed E-state index contributed by atoms with van der Waals surface area (Å²) in [4.78, 5) is 25.0. The Bertz CT molecular complexity index is 403. The van der Waals surface area contributed by atoms with Gasteiger partial charge in [-0.3, -0.25) is 4.79 Å². The first kappa shape index (κ1) is 15.1. The maximum atomic E-state index is 12.1. The Hall–Kier alpha value is -1.30. The number of aliphatic hydroxyl groups is 1. The van der Waals surface area contributed by atoms with E-state index in [2.05, 4.69) is 4.74 Å². The Morgan fingerprint density at radius 3 is 2.60 bits per heavy atom. The summed E-state index contributed by atoms with van der Waals surface area (Å²) in [7, 11) is 1.30. The molecular formula is C14H23NO5. The SMILES string of the molecule is COC(=O)C[C@H](O)C1[C@H]2C[C@@H]1N(C(=O)OC(C)(C)C)C2. The van der Waals surface area contributed by atoms with Crippen LogP contribution in [0.1, 0.15) is 33.6 Å². The van der Waals surface area contributed by atoms with Crippen LogP contribution in [0.15, 0.2) is 0 Å². The van der Waals surface area contributed by atoms with Crippen LogP contribution in [0.3, 0.4) is 0 Å². The minimum absolute atomic E-state index is 0.0175. The Kier molecular flexibility index (Phi) is 3.95. The lowest BCUT2D eigenvalue weighted by molar-refractivity contribution is -0.144. The van der Waals surface area contributed by atoms with E-state index in [1.807, 2.05) is 20.8 Å². The predicted octanol–water partition coefficient (Wildman–Crippen LogP) is 1.17. The molecule has 1 saturated carbocycles. The van der Waals surface area contributed by atoms with E-state index in [4.69, 9.17) is 4.74 Å². The molecule has 0 aromatic heterocycles. The molecule has 3 fully saturated rings. The molecule has 1 amide bonds. The molecule has 2 aliphatic heterocycles. The summed E-state index contributed by atoms with van der Waals surface area (Å²) in [6.07, 6.45) is -0.227. The quantitative estimate of drug-likeness (QED) is 0.788. The third-order valence-corrected chi connectivity index (χ3v) is 4.04. The fourth-order valence-corrected chi connectivity index (χ4v) is 3.15. The molecule has 6 nitrogen and oxygen atoms in total. The molecule has 0 spiro atoms. The van der Waals surface area contributed by atoms with Crippen LogP contribution >= 0.6 is 0 Å². The number of esters is 1. The monoisotopic (exact) mass is 285 g/mol. The first-order valence-electron chi connectivity index (χ1n) is 6.97. The van der Waals surface area contributed by atoms with Crippen LogP contribution < -0.4 is 0 Å². The summed E-state index contributed by atoms with van der Waals surface area (Å²) in [5, 5.41) is 10.1. The topological polar surface area (TPSA) is 76.1 Å². The predicted molar refractivity (Wildman–Crippen MR) is 71.0 cm³/mol. The van der Waals surface area contributed by atoms with E-state index in [0.29, 0.717) is 6.54 Å². The number of aliphatic hydroxyl groups excluding tert-OH is 1. The molecule has 1 unspecified atom stereocenters. The van der Waals surface area contributed by atoms with Crippen LogP contribution in [0.5, 0.6) is 0 Å². The van der Waals surface area contributed by atoms with Gasteiger partial charge in [0.2, 0.25) is 0 Å². The first-order chi connectivity index (χ1) is 9.23. The standard InChI is InChI=1S/C14H23NO5/c1-14(2,3)20-13(18)15-7-8-5-9(15)12(8)10(16)6-11(17)19-4/h8-10,12,16H,5-7H2,1-4H3/t8-,9-,10-,12?/m0/s1. The third-order valence-electron chi connectivity index (χ3n) is 4.04. The Labute approximate surface area is 119 Å². The van der Waals surface area contributed by atoms with E-state index in [0.717, 1.165) is 6.42 Å². The lowest BCUT2D eigenvalue weighted by Gasteiger charge is -2.39. The summed E-state index contributed by atoms with van der Waals surface area (Å²) < 4.78 is 9.93. The van der Waals surface area contributed by atoms with Gasteiger partial charge in [-0.15, -0.1) is 0 Å². The Morgan fingerprint density at radius 1 is 1.40 bits per heavy atom. The number of rotatable bonds is 3. The molecule has 20 heavy (non-hydrogen) atoms. The number of hydrogen-bond acceptors (Lipinski definition) is 5. The highest BCUT2D eigenvalue weighted by Crippen LogP contribution is 2.49. The van der Waals surface area contributed by atoms with Crippen molar-refractivity contribution in [2.75, 3.05) is 13.7 Å². The zero-order chi connectivity index (χ0) is 15.1. The Morgan fingerprint density at radius 2 is 2.05 bits per heavy atom. The van der Waals surface area contributed by atoms with Gasteiger partial charge in [-0.25, -0.2) is 4.79 Å². The molecule has 1 N–H and O–H groups in total. The van der Waals surface area contributed by atoms with Gasteiger partial charge in [-0.1, -0.05) is 0 Å². The summed E-state index contributed by atoms with van der Waals surface area (Å²) in [6, 6.07) is -0.0190. The van der Waals surface area contributed by atoms with Crippen molar-refractivity contribution < 1.29 is 24.2 Å². The van der Waals surface area contributed by atoms with Crippen LogP contribution in [0.25, 0.3) is 0 Å². The number of carbonyl (C=O) groups excluding carboxylic acids is 2. The third kappa shape index (κ3) is 2.90. The molecule has 3 rings (SSSR count). The van der Waals surface area contributed by atoms with Crippen LogP contribution in [0.2, 0.25) is 0 Å². The van der Waals surface area contributed by atoms with Gasteiger partial charge >= 0.3 is 12.1 Å². The van der Waals surface area contributed by atoms with Crippen molar-refractivity contribution in [3.8, 4) is 0 Å². The second-order valence-electron chi connectivity index (χ2n) is 6.62. The second-order valence-corrected chi connectivity index (χ2v) is 6.62. The average molecular weight is 285 g/mol. The van der Waals surface area contributed by atoms with Gasteiger partial charge in [0.25, 0.3) is 0 Å². The molecule has 2 bridgehead atoms. The minimum atomic E-state index is -0.751. The summed E-state index contributed by atoms with van der Waals surface area (Å²) >= 11 is 0. The molecule has 0 aromatic rings. The smallest absolute Gasteiger partial charge is 0.410 e. The number of carbonyl (C=O) groups is 2. The van der Waals surface area contributed by atoms with Gasteiger partial charge in [0.1, 0.15) is 5.60 Å². The van der Waals surface area contributed by atoms with Crippen LogP contribution in [-0.2, 0) is 14.3 Å². The average Bonchev–Trinajstić information content (AvgIpc) is 2.84. The van der Waals surface area contributed by atoms with E-state index in [-0.39, 0.29) is 30.4 Å². The van der Waals surface area contributed by atoms with Gasteiger partial charge in [0.05, 0.1) is 19.6 Å². The van der Waals surface area contributed by atoms with Gasteiger partial charge in [-0.05, 0) is 33.1 Å². The van der Waals surface area contributed by atoms with E-state index in [1.165, 1.54) is 7.11 Å². The number of fused-ring (bicyclic) bond motifs is 1. The molecule has 3 aliphatic rings. The van der Waals surface area contributed by atoms with Crippen LogP contribution in [-0.4, -0.2) is 53.5 Å². The number of hydrogen-bond donors (Lipinski definition) is 1. The fourth-order valence-electron chi connectivity index (χ4n) is 3.15. The molecule has 4 atom stereocenters. The normalized spacial score (nSPS) is 29.6. The van der Waals surface area contributed by atoms with Gasteiger partial charge in [-0.2, -0.15) is 0 Å². The zero-order valence-corrected chi connectivity index (χ0v) is 12.5. The second kappa shape index (κ2) is 5.24. The minimum Gasteiger partial charge on any atom is -0.469 e. The molecule has 1 aliphatic carbocycles. The molecule has 2 heterocycles. The summed E-state index contributed by atoms with van der Waals surface area (Å²) in [5.41, 5.74) is -0.524. The molecule has 0 radical (unpaired) electrons. The highest BCUT2D eigenvalue weighted by molar-refractivity contribution is 5.71. The van der Waals surface area contributed by atoms with Crippen molar-refractivity contribution in [1.82, 2.24) is 4.90 Å². The molecule has 2 saturated heterocycles. The Balaban J connectivity index is 1.93. The van der Waals surface area contributed by atoms with Crippen molar-refractivity contribution in [3.05, 3.63) is 0 Å². The highest BCUT2D eigenvalue weighted by atomic mass is 16.6. The highest BCUT2D eigenvalue weighted by Gasteiger charge is 2.57. The lowest BCUT2D eigenvalue weighted by atomic mass is 9.70. The largest absolute Gasteiger partial charge is 0.469 e. The molecule has 0 aromatic carbocycles. The maximum absolute atomic E-state index is 12.1. The number of methoxy groups -OCH3 is 1. The van der Waals surface area contributed by atoms with Crippen molar-refractivity contribution in [1.29, 1.82) is 0 Å². The lowest BCUT2D eigenvalue weighted by Crippen LogP contribution is -2.48. The van der Waals surface area contributed by atoms with Gasteiger partial charge in [0, 0.05) is 18.5 Å². The molecule has 114 valence electrons. The summed E-state index contributed by atoms with van der Waals surface area (Å²) in [6.45, 7) is 6.08. The zero-order valence-electron chi connectivity index (χ0n) is 12.5. The van der Waals surface area contributed by atoms with E-state index in [1.54, 1.807) is 4.90 Å². The summed E-state index contributed by atoms with van der Waals surface area (Å²) in [5.74, 6) is -0.207. The van der Waals surface area contributed by atoms with Crippen LogP contribution in [0, 0.1) is 11.8 Å². The van der Waals surface area contributed by atoms with Crippen molar-refractivity contribution in [2.45, 2.75) is 51.4 Å². The van der Waals surface area contributed by atoms with E-state index < -0.39 is 17.7 Å². The van der Waals surface area contributed by atoms with Gasteiger partial charge < -0.3 is 19.5 Å². The maximum Gasteiger partial charge on any atom is 0.410 e. The number of nitrogens with zero attached hydrogens (tertiary/aromatic N) is 1. The van der Waals surface area contributed by atoms with E-state index in [9.17, 15) is 14.7 Å². The van der Waals surface area contributed by atoms with Crippen LogP contribution in [0.4, 0.5) is 4.79 Å². The van der Waals surface area contributed by atoms with Crippen molar-refractivity contribution in [2.24, 2.45) is 11.8 Å². The number of amides is 1. The first-order valence-corrected chi connectivity index (χ1v) is 6.97. The molecular weight excluding hydrogens is 262 g/mol. The van der Waals surface area contributed by atoms with Crippen molar-refractivity contribution in [3.63, 3.8) is 0 Å². The number of ether oxygens (including phenoxy) is 2. The van der Waals surface area contributed by atoms with Crippen molar-refractivity contribution >= 4 is 12.1 Å². The van der Waals surface area contributed by atoms with Gasteiger partial charge in [0.15, 0.2) is 0 Å². The fraction of sp³-hybridized carbons (Fsp3) is 0.857. The molecule has 6 heteroatoms. The van der Waals surface area contributed by atoms with E-state index >= 15 is 0 Å².